The summed E-state index contributed by atoms with van der Waals surface area (Å²) >= 11 is 11.2. The van der Waals surface area contributed by atoms with Crippen LogP contribution in [0.5, 0.6) is 0 Å². The number of nitrogens with zero attached hydrogens (tertiary/aromatic N) is 9. The molecule has 540 valence electrons. The molecule has 7 aromatic heterocycles. The quantitative estimate of drug-likeness (QED) is 0.0495. The fourth-order valence-corrected chi connectivity index (χ4v) is 10.2. The van der Waals surface area contributed by atoms with Crippen LogP contribution in [0.15, 0.2) is 105 Å². The van der Waals surface area contributed by atoms with Gasteiger partial charge in [-0.3, -0.25) is 71.2 Å². The van der Waals surface area contributed by atoms with Gasteiger partial charge >= 0.3 is 0 Å². The number of aromatic amines is 1. The van der Waals surface area contributed by atoms with E-state index < -0.39 is 28.5 Å². The number of halogens is 2. The summed E-state index contributed by atoms with van der Waals surface area (Å²) in [7, 11) is 0. The Morgan fingerprint density at radius 2 is 0.804 bits per heavy atom. The molecule has 3 atom stereocenters. The Morgan fingerprint density at radius 1 is 0.480 bits per heavy atom. The number of H-pyrrole nitrogens is 1. The predicted octanol–water partition coefficient (Wildman–Crippen LogP) is 6.94. The van der Waals surface area contributed by atoms with Crippen LogP contribution in [-0.4, -0.2) is 95.7 Å². The highest BCUT2D eigenvalue weighted by Crippen LogP contribution is 2.35. The molecule has 34 heteroatoms. The van der Waals surface area contributed by atoms with Crippen molar-refractivity contribution in [3.63, 3.8) is 0 Å². The molecule has 13 N–H and O–H groups in total. The maximum atomic E-state index is 13.1. The number of amides is 7. The van der Waals surface area contributed by atoms with E-state index in [1.54, 1.807) is 55.5 Å². The van der Waals surface area contributed by atoms with Gasteiger partial charge < -0.3 is 59.0 Å². The van der Waals surface area contributed by atoms with Crippen molar-refractivity contribution < 1.29 is 38.4 Å². The van der Waals surface area contributed by atoms with E-state index in [1.807, 2.05) is 76.2 Å². The topological polar surface area (TPSA) is 461 Å². The zero-order valence-corrected chi connectivity index (χ0v) is 59.7. The van der Waals surface area contributed by atoms with Crippen LogP contribution in [0.1, 0.15) is 164 Å². The van der Waals surface area contributed by atoms with Crippen LogP contribution < -0.4 is 76.2 Å². The third-order valence-electron chi connectivity index (χ3n) is 17.9. The number of rotatable bonds is 15. The minimum atomic E-state index is -0.809. The standard InChI is InChI=1S/2C19H22N6O3.C11H13ClN2O2.C8H10N4O.C6H5ClN2O2.C5H10O/c2*1-10(2)19(3)24-17(27)13-7-6-12(18(28)25(13)19)22-14-8-15(21-9-20-14)23-16(26)11-4-5-11;1-6(2)11(3)13-9(15)8-5-4-7(12)10(16)14(8)11;9-6-3-7(11-4-10-6)12-8(13)5-1-2-5;7-3-1-2-4(5(8)10)9-6(3)11;1-4(2)5(3)6/h2*6-11H,4-5H2,1-3H3,(H,24,27)(H2,20,21,22,23,26);4-6H,1-3H3,(H,13,15);3-5H,1-2H2,(H3,9,10,11,12,13);1-2H,(H2,8,10)(H,9,11);4H,1-3H3. The number of carbonyl (C=O) groups excluding carboxylic acids is 8. The van der Waals surface area contributed by atoms with Crippen molar-refractivity contribution in [3.8, 4) is 0 Å². The summed E-state index contributed by atoms with van der Waals surface area (Å²) in [5.74, 6) is 1.68. The molecule has 10 heterocycles. The second kappa shape index (κ2) is 31.7. The number of anilines is 8. The number of hydrogen-bond acceptors (Lipinski definition) is 21. The summed E-state index contributed by atoms with van der Waals surface area (Å²) in [6.45, 7) is 22.5. The van der Waals surface area contributed by atoms with Gasteiger partial charge in [0.1, 0.15) is 121 Å². The minimum Gasteiger partial charge on any atom is -0.384 e. The van der Waals surface area contributed by atoms with E-state index in [4.69, 9.17) is 34.7 Å². The number of fused-ring (bicyclic) bond motifs is 3. The van der Waals surface area contributed by atoms with Gasteiger partial charge in [-0.05, 0) is 133 Å². The molecule has 3 fully saturated rings. The van der Waals surface area contributed by atoms with Crippen molar-refractivity contribution in [2.75, 3.05) is 32.3 Å². The van der Waals surface area contributed by atoms with E-state index in [2.05, 4.69) is 77.4 Å². The Kier molecular flexibility index (Phi) is 23.8. The molecule has 3 aliphatic carbocycles. The van der Waals surface area contributed by atoms with Crippen LogP contribution in [-0.2, 0) is 36.2 Å². The number of nitrogens with two attached hydrogens (primary N) is 2. The van der Waals surface area contributed by atoms with Crippen LogP contribution in [0.3, 0.4) is 0 Å². The summed E-state index contributed by atoms with van der Waals surface area (Å²) in [6, 6.07) is 16.7. The first-order valence-corrected chi connectivity index (χ1v) is 33.5. The molecule has 32 nitrogen and oxygen atoms in total. The average molecular weight is 1440 g/mol. The Hall–Kier alpha value is -11.0. The monoisotopic (exact) mass is 1440 g/mol. The van der Waals surface area contributed by atoms with E-state index in [9.17, 15) is 57.5 Å². The lowest BCUT2D eigenvalue weighted by molar-refractivity contribution is -0.120. The third kappa shape index (κ3) is 18.1. The maximum Gasteiger partial charge on any atom is 0.276 e. The first kappa shape index (κ1) is 76.7. The van der Waals surface area contributed by atoms with E-state index in [1.165, 1.54) is 50.9 Å². The van der Waals surface area contributed by atoms with Crippen molar-refractivity contribution in [1.29, 1.82) is 0 Å². The zero-order valence-electron chi connectivity index (χ0n) is 58.2. The van der Waals surface area contributed by atoms with Gasteiger partial charge in [-0.1, -0.05) is 78.6 Å². The van der Waals surface area contributed by atoms with Crippen LogP contribution in [0.2, 0.25) is 10.0 Å². The first-order chi connectivity index (χ1) is 48.0. The smallest absolute Gasteiger partial charge is 0.276 e. The van der Waals surface area contributed by atoms with Gasteiger partial charge in [-0.25, -0.2) is 29.9 Å². The number of pyridine rings is 4. The number of nitrogens with one attached hydrogen (secondary N) is 9. The number of nitrogen functional groups attached to an aromatic ring is 1. The summed E-state index contributed by atoms with van der Waals surface area (Å²) in [6.07, 6.45) is 9.52. The molecule has 7 aromatic rings. The van der Waals surface area contributed by atoms with Crippen LogP contribution in [0.25, 0.3) is 0 Å². The second-order valence-electron chi connectivity index (χ2n) is 26.6. The average Bonchev–Trinajstić information content (AvgIpc) is 1.60. The van der Waals surface area contributed by atoms with Crippen LogP contribution in [0, 0.1) is 41.4 Å². The molecule has 0 radical (unpaired) electrons. The lowest BCUT2D eigenvalue weighted by atomic mass is 9.98. The van der Waals surface area contributed by atoms with Gasteiger partial charge in [-0.2, -0.15) is 0 Å². The lowest BCUT2D eigenvalue weighted by Crippen LogP contribution is -2.49. The molecule has 3 saturated carbocycles. The van der Waals surface area contributed by atoms with Crippen molar-refractivity contribution >= 4 is 117 Å². The Morgan fingerprint density at radius 3 is 1.13 bits per heavy atom. The second-order valence-corrected chi connectivity index (χ2v) is 27.5. The molecule has 7 amide bonds. The number of primary amides is 1. The van der Waals surface area contributed by atoms with Gasteiger partial charge in [0.15, 0.2) is 0 Å². The van der Waals surface area contributed by atoms with Gasteiger partial charge in [0.2, 0.25) is 17.7 Å². The third-order valence-corrected chi connectivity index (χ3v) is 18.4. The predicted molar refractivity (Wildman–Crippen MR) is 382 cm³/mol. The minimum absolute atomic E-state index is 0.00828. The molecule has 3 aliphatic heterocycles. The van der Waals surface area contributed by atoms with Gasteiger partial charge in [0.25, 0.3) is 45.9 Å². The number of Topliss-reactive ketones (excluding diaryl/α,β-unsaturated/α-hetero) is 1. The SMILES string of the molecule is CC(=O)C(C)C.CC(C)C1(C)NC(=O)c2ccc(Cl)c(=O)n21.CC(C)C1(C)NC(=O)c2ccc(Nc3cc(NC(=O)C4CC4)ncn3)c(=O)n21.CC(C)C1(C)NC(=O)c2ccc(Nc3cc(NC(=O)C4CC4)ncn3)c(=O)n21.NC(=O)c1ccc(Cl)c(=O)[nH]1.Nc1cc(NC(=O)C2CC2)ncn1. The summed E-state index contributed by atoms with van der Waals surface area (Å²) in [4.78, 5) is 167. The fourth-order valence-electron chi connectivity index (χ4n) is 9.98. The maximum absolute atomic E-state index is 13.1. The number of hydrogen-bond donors (Lipinski definition) is 11. The Bertz CT molecular complexity index is 4510. The zero-order chi connectivity index (χ0) is 75.0. The molecule has 102 heavy (non-hydrogen) atoms. The van der Waals surface area contributed by atoms with Gasteiger partial charge in [0, 0.05) is 41.9 Å². The molecular formula is C68H82Cl2N20O12. The summed E-state index contributed by atoms with van der Waals surface area (Å²) in [5.41, 5.74) is 8.14. The fraction of sp³-hybridized carbons (Fsp3) is 0.412. The molecule has 0 spiro atoms. The highest BCUT2D eigenvalue weighted by Gasteiger charge is 2.45. The van der Waals surface area contributed by atoms with E-state index >= 15 is 0 Å². The van der Waals surface area contributed by atoms with Gasteiger partial charge in [-0.15, -0.1) is 0 Å². The van der Waals surface area contributed by atoms with Gasteiger partial charge in [0.05, 0.1) is 0 Å². The molecular weight excluding hydrogens is 1360 g/mol. The normalized spacial score (nSPS) is 18.5. The van der Waals surface area contributed by atoms with Crippen molar-refractivity contribution in [3.05, 3.63) is 160 Å². The van der Waals surface area contributed by atoms with E-state index in [-0.39, 0.29) is 126 Å². The summed E-state index contributed by atoms with van der Waals surface area (Å²) < 4.78 is 4.42. The molecule has 0 aromatic carbocycles. The van der Waals surface area contributed by atoms with Crippen molar-refractivity contribution in [2.45, 2.75) is 139 Å². The van der Waals surface area contributed by atoms with E-state index in [0.717, 1.165) is 38.5 Å². The highest BCUT2D eigenvalue weighted by molar-refractivity contribution is 6.30. The van der Waals surface area contributed by atoms with Crippen LogP contribution >= 0.6 is 23.2 Å². The Balaban J connectivity index is 0.000000165. The van der Waals surface area contributed by atoms with Crippen molar-refractivity contribution in [1.82, 2.24) is 64.5 Å². The first-order valence-electron chi connectivity index (χ1n) is 32.8. The lowest BCUT2D eigenvalue weighted by Gasteiger charge is -2.31. The molecule has 13 rings (SSSR count). The highest BCUT2D eigenvalue weighted by atomic mass is 35.5. The van der Waals surface area contributed by atoms with E-state index in [0.29, 0.717) is 52.0 Å². The molecule has 3 unspecified atom stereocenters. The van der Waals surface area contributed by atoms with Crippen molar-refractivity contribution in [2.24, 2.45) is 47.2 Å². The molecule has 6 aliphatic rings. The molecule has 0 saturated heterocycles. The van der Waals surface area contributed by atoms with Crippen LogP contribution in [0.4, 0.5) is 46.3 Å². The molecule has 0 bridgehead atoms. The number of ketones is 1. The number of carbonyl (C=O) groups is 8. The number of aromatic nitrogens is 10. The Labute approximate surface area is 594 Å². The largest absolute Gasteiger partial charge is 0.384 e. The summed E-state index contributed by atoms with van der Waals surface area (Å²) in [5, 5.41) is 22.9.